The summed E-state index contributed by atoms with van der Waals surface area (Å²) in [4.78, 5) is 25.6. The lowest BCUT2D eigenvalue weighted by Gasteiger charge is -2.32. The third-order valence-corrected chi connectivity index (χ3v) is 4.12. The lowest BCUT2D eigenvalue weighted by Crippen LogP contribution is -2.34. The highest BCUT2D eigenvalue weighted by atomic mass is 32.1. The second kappa shape index (κ2) is 7.42. The van der Waals surface area contributed by atoms with Crippen molar-refractivity contribution in [3.8, 4) is 0 Å². The van der Waals surface area contributed by atoms with E-state index in [1.54, 1.807) is 0 Å². The van der Waals surface area contributed by atoms with Crippen LogP contribution < -0.4 is 5.69 Å². The molecule has 1 aromatic heterocycles. The van der Waals surface area contributed by atoms with Crippen LogP contribution in [0.5, 0.6) is 0 Å². The molecule has 0 aliphatic carbocycles. The van der Waals surface area contributed by atoms with Crippen LogP contribution in [0.25, 0.3) is 0 Å². The Balaban J connectivity index is 3.12. The maximum absolute atomic E-state index is 11.8. The molecule has 1 rings (SSSR count). The molecule has 0 amide bonds. The average Bonchev–Trinajstić information content (AvgIpc) is 2.41. The molecular formula is C13H21N3O3S. The molecule has 0 spiro atoms. The van der Waals surface area contributed by atoms with Crippen LogP contribution in [0.15, 0.2) is 17.2 Å². The van der Waals surface area contributed by atoms with Crippen LogP contribution in [-0.4, -0.2) is 20.2 Å². The van der Waals surface area contributed by atoms with Gasteiger partial charge in [0.15, 0.2) is 0 Å². The molecule has 112 valence electrons. The van der Waals surface area contributed by atoms with Crippen molar-refractivity contribution in [2.24, 2.45) is 5.41 Å². The van der Waals surface area contributed by atoms with Gasteiger partial charge in [0.2, 0.25) is 0 Å². The largest absolute Gasteiger partial charge is 0.347 e. The third-order valence-electron chi connectivity index (χ3n) is 3.45. The lowest BCUT2D eigenvalue weighted by molar-refractivity contribution is -0.385. The Morgan fingerprint density at radius 1 is 1.40 bits per heavy atom. The standard InChI is InChI=1S/C13H21N3O3S/c1-3-5-13(10-20,6-4-2)9-15-8-11(16(18)19)7-14-12(15)17/h7-8,20H,3-6,9-10H2,1-2H3. The van der Waals surface area contributed by atoms with E-state index in [0.29, 0.717) is 12.3 Å². The van der Waals surface area contributed by atoms with Crippen molar-refractivity contribution >= 4 is 18.3 Å². The first-order chi connectivity index (χ1) is 9.48. The van der Waals surface area contributed by atoms with Gasteiger partial charge in [-0.1, -0.05) is 26.7 Å². The highest BCUT2D eigenvalue weighted by Gasteiger charge is 2.28. The summed E-state index contributed by atoms with van der Waals surface area (Å²) < 4.78 is 1.35. The minimum atomic E-state index is -0.537. The van der Waals surface area contributed by atoms with Crippen LogP contribution in [0.4, 0.5) is 5.69 Å². The molecule has 0 aromatic carbocycles. The van der Waals surface area contributed by atoms with Gasteiger partial charge in [0.05, 0.1) is 11.1 Å². The fraction of sp³-hybridized carbons (Fsp3) is 0.692. The van der Waals surface area contributed by atoms with Gasteiger partial charge < -0.3 is 0 Å². The van der Waals surface area contributed by atoms with E-state index >= 15 is 0 Å². The van der Waals surface area contributed by atoms with Crippen LogP contribution in [0.2, 0.25) is 0 Å². The summed E-state index contributed by atoms with van der Waals surface area (Å²) in [7, 11) is 0. The maximum Gasteiger partial charge on any atom is 0.347 e. The molecule has 0 radical (unpaired) electrons. The first-order valence-electron chi connectivity index (χ1n) is 6.79. The molecule has 20 heavy (non-hydrogen) atoms. The summed E-state index contributed by atoms with van der Waals surface area (Å²) in [5.74, 6) is 0.643. The number of rotatable bonds is 8. The zero-order valence-electron chi connectivity index (χ0n) is 11.9. The smallest absolute Gasteiger partial charge is 0.292 e. The van der Waals surface area contributed by atoms with E-state index in [1.165, 1.54) is 10.8 Å². The van der Waals surface area contributed by atoms with E-state index < -0.39 is 10.6 Å². The number of thiol groups is 1. The zero-order valence-corrected chi connectivity index (χ0v) is 12.8. The molecule has 0 bridgehead atoms. The van der Waals surface area contributed by atoms with E-state index in [1.807, 2.05) is 0 Å². The quantitative estimate of drug-likeness (QED) is 0.455. The Labute approximate surface area is 123 Å². The Morgan fingerprint density at radius 2 is 2.00 bits per heavy atom. The molecule has 1 heterocycles. The predicted octanol–water partition coefficient (Wildman–Crippen LogP) is 2.67. The number of nitro groups is 1. The van der Waals surface area contributed by atoms with Crippen LogP contribution in [-0.2, 0) is 6.54 Å². The van der Waals surface area contributed by atoms with E-state index in [0.717, 1.165) is 31.9 Å². The average molecular weight is 299 g/mol. The van der Waals surface area contributed by atoms with Crippen molar-refractivity contribution in [2.45, 2.75) is 46.1 Å². The van der Waals surface area contributed by atoms with Crippen LogP contribution >= 0.6 is 12.6 Å². The molecule has 0 aliphatic heterocycles. The van der Waals surface area contributed by atoms with Gasteiger partial charge in [-0.3, -0.25) is 14.7 Å². The molecule has 0 aliphatic rings. The first-order valence-corrected chi connectivity index (χ1v) is 7.43. The summed E-state index contributed by atoms with van der Waals surface area (Å²) in [6.45, 7) is 4.59. The van der Waals surface area contributed by atoms with Crippen molar-refractivity contribution in [2.75, 3.05) is 5.75 Å². The van der Waals surface area contributed by atoms with Gasteiger partial charge in [0.1, 0.15) is 6.20 Å². The van der Waals surface area contributed by atoms with E-state index in [-0.39, 0.29) is 11.1 Å². The molecule has 0 saturated heterocycles. The van der Waals surface area contributed by atoms with Gasteiger partial charge in [0, 0.05) is 6.54 Å². The Bertz CT molecular complexity index is 510. The van der Waals surface area contributed by atoms with E-state index in [2.05, 4.69) is 31.5 Å². The Hall–Kier alpha value is -1.37. The molecular weight excluding hydrogens is 278 g/mol. The van der Waals surface area contributed by atoms with E-state index in [4.69, 9.17) is 0 Å². The topological polar surface area (TPSA) is 78.0 Å². The molecule has 0 saturated carbocycles. The molecule has 1 aromatic rings. The van der Waals surface area contributed by atoms with Gasteiger partial charge in [0.25, 0.3) is 0 Å². The number of hydrogen-bond donors (Lipinski definition) is 1. The summed E-state index contributed by atoms with van der Waals surface area (Å²) in [6.07, 6.45) is 6.11. The fourth-order valence-corrected chi connectivity index (χ4v) is 2.98. The van der Waals surface area contributed by atoms with Crippen LogP contribution in [0.1, 0.15) is 39.5 Å². The van der Waals surface area contributed by atoms with Gasteiger partial charge in [-0.05, 0) is 24.0 Å². The second-order valence-electron chi connectivity index (χ2n) is 5.14. The predicted molar refractivity (Wildman–Crippen MR) is 81.3 cm³/mol. The zero-order chi connectivity index (χ0) is 15.2. The SMILES string of the molecule is CCCC(CS)(CCC)Cn1cc([N+](=O)[O-])cnc1=O. The highest BCUT2D eigenvalue weighted by molar-refractivity contribution is 7.80. The second-order valence-corrected chi connectivity index (χ2v) is 5.45. The summed E-state index contributed by atoms with van der Waals surface area (Å²) in [5, 5.41) is 10.8. The molecule has 6 nitrogen and oxygen atoms in total. The fourth-order valence-electron chi connectivity index (χ4n) is 2.56. The maximum atomic E-state index is 11.8. The van der Waals surface area contributed by atoms with Gasteiger partial charge in [-0.25, -0.2) is 4.79 Å². The Kier molecular flexibility index (Phi) is 6.19. The van der Waals surface area contributed by atoms with Gasteiger partial charge in [-0.15, -0.1) is 0 Å². The van der Waals surface area contributed by atoms with Gasteiger partial charge in [-0.2, -0.15) is 17.6 Å². The minimum absolute atomic E-state index is 0.118. The van der Waals surface area contributed by atoms with E-state index in [9.17, 15) is 14.9 Å². The lowest BCUT2D eigenvalue weighted by atomic mass is 9.81. The molecule has 0 fully saturated rings. The van der Waals surface area contributed by atoms with Crippen LogP contribution in [0, 0.1) is 15.5 Å². The number of hydrogen-bond acceptors (Lipinski definition) is 5. The van der Waals surface area contributed by atoms with Gasteiger partial charge >= 0.3 is 11.4 Å². The first kappa shape index (κ1) is 16.7. The third kappa shape index (κ3) is 4.06. The molecule has 0 N–H and O–H groups in total. The van der Waals surface area contributed by atoms with Crippen LogP contribution in [0.3, 0.4) is 0 Å². The minimum Gasteiger partial charge on any atom is -0.292 e. The molecule has 0 atom stereocenters. The summed E-state index contributed by atoms with van der Waals surface area (Å²) in [6, 6.07) is 0. The summed E-state index contributed by atoms with van der Waals surface area (Å²) >= 11 is 4.43. The van der Waals surface area contributed by atoms with Crippen molar-refractivity contribution < 1.29 is 4.92 Å². The van der Waals surface area contributed by atoms with Crippen molar-refractivity contribution in [3.63, 3.8) is 0 Å². The van der Waals surface area contributed by atoms with Crippen molar-refractivity contribution in [1.29, 1.82) is 0 Å². The number of aromatic nitrogens is 2. The highest BCUT2D eigenvalue weighted by Crippen LogP contribution is 2.33. The number of nitrogens with zero attached hydrogens (tertiary/aromatic N) is 3. The monoisotopic (exact) mass is 299 g/mol. The molecule has 0 unspecified atom stereocenters. The summed E-state index contributed by atoms with van der Waals surface area (Å²) in [5.41, 5.74) is -0.729. The van der Waals surface area contributed by atoms with Crippen molar-refractivity contribution in [1.82, 2.24) is 9.55 Å². The Morgan fingerprint density at radius 3 is 2.45 bits per heavy atom. The van der Waals surface area contributed by atoms with Crippen molar-refractivity contribution in [3.05, 3.63) is 33.0 Å². The normalized spacial score (nSPS) is 11.6. The molecule has 7 heteroatoms.